The molecule has 1 unspecified atom stereocenters. The van der Waals surface area contributed by atoms with Crippen LogP contribution < -0.4 is 5.73 Å². The van der Waals surface area contributed by atoms with Crippen LogP contribution in [0.5, 0.6) is 0 Å². The van der Waals surface area contributed by atoms with Gasteiger partial charge in [-0.25, -0.2) is 0 Å². The second kappa shape index (κ2) is 4.74. The van der Waals surface area contributed by atoms with Crippen LogP contribution in [0.15, 0.2) is 30.3 Å². The van der Waals surface area contributed by atoms with Gasteiger partial charge in [0.2, 0.25) is 5.78 Å². The van der Waals surface area contributed by atoms with Crippen LogP contribution in [0.4, 0.5) is 0 Å². The Morgan fingerprint density at radius 3 is 2.62 bits per heavy atom. The molecule has 0 saturated carbocycles. The van der Waals surface area contributed by atoms with Gasteiger partial charge in [-0.1, -0.05) is 30.3 Å². The first kappa shape index (κ1) is 9.89. The molecule has 1 atom stereocenters. The third-order valence-electron chi connectivity index (χ3n) is 1.66. The summed E-state index contributed by atoms with van der Waals surface area (Å²) < 4.78 is 4.99. The maximum atomic E-state index is 11.5. The number of carbonyl (C=O) groups excluding carboxylic acids is 1. The maximum Gasteiger partial charge on any atom is 0.206 e. The van der Waals surface area contributed by atoms with Crippen molar-refractivity contribution in [3.63, 3.8) is 0 Å². The molecule has 0 aliphatic carbocycles. The lowest BCUT2D eigenvalue weighted by Gasteiger charge is -2.09. The van der Waals surface area contributed by atoms with Gasteiger partial charge in [-0.05, 0) is 6.92 Å². The molecule has 0 aromatic heterocycles. The van der Waals surface area contributed by atoms with Crippen LogP contribution in [0.1, 0.15) is 17.3 Å². The number of carbonyl (C=O) groups is 1. The fourth-order valence-electron chi connectivity index (χ4n) is 1.02. The summed E-state index contributed by atoms with van der Waals surface area (Å²) in [5, 5.41) is 0. The van der Waals surface area contributed by atoms with Crippen LogP contribution in [0, 0.1) is 0 Å². The number of ketones is 1. The molecule has 0 aliphatic heterocycles. The summed E-state index contributed by atoms with van der Waals surface area (Å²) in [5.41, 5.74) is 6.07. The normalized spacial score (nSPS) is 12.5. The molecule has 3 heteroatoms. The van der Waals surface area contributed by atoms with Crippen molar-refractivity contribution in [3.8, 4) is 0 Å². The van der Waals surface area contributed by atoms with Crippen LogP contribution in [0.2, 0.25) is 0 Å². The number of benzene rings is 1. The fourth-order valence-corrected chi connectivity index (χ4v) is 1.02. The van der Waals surface area contributed by atoms with E-state index in [4.69, 9.17) is 10.5 Å². The maximum absolute atomic E-state index is 11.5. The van der Waals surface area contributed by atoms with Gasteiger partial charge in [0.05, 0.1) is 0 Å². The highest BCUT2D eigenvalue weighted by Crippen LogP contribution is 2.02. The molecule has 0 fully saturated rings. The van der Waals surface area contributed by atoms with E-state index in [0.717, 1.165) is 0 Å². The highest BCUT2D eigenvalue weighted by atomic mass is 16.5. The summed E-state index contributed by atoms with van der Waals surface area (Å²) in [7, 11) is 0. The lowest BCUT2D eigenvalue weighted by atomic mass is 10.1. The lowest BCUT2D eigenvalue weighted by Crippen LogP contribution is -2.33. The van der Waals surface area contributed by atoms with E-state index in [1.54, 1.807) is 31.2 Å². The van der Waals surface area contributed by atoms with E-state index < -0.39 is 6.23 Å². The number of nitrogens with two attached hydrogens (primary N) is 1. The number of rotatable bonds is 4. The number of Topliss-reactive ketones (excluding diaryl/α,β-unsaturated/α-hetero) is 1. The first-order valence-electron chi connectivity index (χ1n) is 4.22. The molecular weight excluding hydrogens is 166 g/mol. The predicted octanol–water partition coefficient (Wildman–Crippen LogP) is 1.19. The molecule has 70 valence electrons. The fraction of sp³-hybridized carbons (Fsp3) is 0.300. The molecule has 13 heavy (non-hydrogen) atoms. The predicted molar refractivity (Wildman–Crippen MR) is 50.4 cm³/mol. The molecule has 0 spiro atoms. The van der Waals surface area contributed by atoms with Crippen molar-refractivity contribution in [1.29, 1.82) is 0 Å². The Kier molecular flexibility index (Phi) is 3.61. The molecule has 1 rings (SSSR count). The molecular formula is C10H13NO2. The van der Waals surface area contributed by atoms with Crippen molar-refractivity contribution >= 4 is 5.78 Å². The summed E-state index contributed by atoms with van der Waals surface area (Å²) in [6.45, 7) is 2.25. The van der Waals surface area contributed by atoms with E-state index in [1.165, 1.54) is 0 Å². The molecule has 0 saturated heterocycles. The smallest absolute Gasteiger partial charge is 0.206 e. The van der Waals surface area contributed by atoms with Crippen molar-refractivity contribution in [3.05, 3.63) is 35.9 Å². The lowest BCUT2D eigenvalue weighted by molar-refractivity contribution is 0.0479. The molecule has 1 aromatic rings. The summed E-state index contributed by atoms with van der Waals surface area (Å²) in [6, 6.07) is 8.89. The first-order valence-corrected chi connectivity index (χ1v) is 4.22. The zero-order valence-corrected chi connectivity index (χ0v) is 7.57. The van der Waals surface area contributed by atoms with E-state index in [-0.39, 0.29) is 5.78 Å². The third kappa shape index (κ3) is 2.65. The summed E-state index contributed by atoms with van der Waals surface area (Å²) in [6.07, 6.45) is -0.840. The average molecular weight is 179 g/mol. The van der Waals surface area contributed by atoms with Gasteiger partial charge in [-0.15, -0.1) is 0 Å². The van der Waals surface area contributed by atoms with Crippen molar-refractivity contribution in [2.75, 3.05) is 6.61 Å². The summed E-state index contributed by atoms with van der Waals surface area (Å²) in [4.78, 5) is 11.5. The van der Waals surface area contributed by atoms with Crippen LogP contribution in [0.3, 0.4) is 0 Å². The van der Waals surface area contributed by atoms with E-state index in [0.29, 0.717) is 12.2 Å². The largest absolute Gasteiger partial charge is 0.356 e. The van der Waals surface area contributed by atoms with Gasteiger partial charge in [0.25, 0.3) is 0 Å². The minimum absolute atomic E-state index is 0.178. The summed E-state index contributed by atoms with van der Waals surface area (Å²) in [5.74, 6) is -0.178. The zero-order valence-electron chi connectivity index (χ0n) is 7.57. The van der Waals surface area contributed by atoms with Gasteiger partial charge in [0.15, 0.2) is 6.23 Å². The number of ether oxygens (including phenoxy) is 1. The SMILES string of the molecule is CCOC(N)C(=O)c1ccccc1. The van der Waals surface area contributed by atoms with Gasteiger partial charge < -0.3 is 4.74 Å². The van der Waals surface area contributed by atoms with E-state index in [2.05, 4.69) is 0 Å². The standard InChI is InChI=1S/C10H13NO2/c1-2-13-10(11)9(12)8-6-4-3-5-7-8/h3-7,10H,2,11H2,1H3. The molecule has 0 radical (unpaired) electrons. The Labute approximate surface area is 77.5 Å². The Bertz CT molecular complexity index is 272. The van der Waals surface area contributed by atoms with Crippen LogP contribution in [-0.2, 0) is 4.74 Å². The topological polar surface area (TPSA) is 52.3 Å². The molecule has 3 nitrogen and oxygen atoms in total. The quantitative estimate of drug-likeness (QED) is 0.558. The molecule has 2 N–H and O–H groups in total. The van der Waals surface area contributed by atoms with Crippen molar-refractivity contribution in [2.45, 2.75) is 13.2 Å². The van der Waals surface area contributed by atoms with E-state index >= 15 is 0 Å². The second-order valence-electron chi connectivity index (χ2n) is 2.61. The minimum atomic E-state index is -0.840. The number of hydrogen-bond donors (Lipinski definition) is 1. The zero-order chi connectivity index (χ0) is 9.68. The highest BCUT2D eigenvalue weighted by molar-refractivity contribution is 5.98. The second-order valence-corrected chi connectivity index (χ2v) is 2.61. The van der Waals surface area contributed by atoms with Gasteiger partial charge in [0, 0.05) is 12.2 Å². The van der Waals surface area contributed by atoms with Crippen molar-refractivity contribution in [2.24, 2.45) is 5.73 Å². The Hall–Kier alpha value is -1.19. The van der Waals surface area contributed by atoms with E-state index in [1.807, 2.05) is 6.07 Å². The average Bonchev–Trinajstić information content (AvgIpc) is 2.18. The van der Waals surface area contributed by atoms with Crippen LogP contribution in [0.25, 0.3) is 0 Å². The van der Waals surface area contributed by atoms with Gasteiger partial charge in [-0.2, -0.15) is 0 Å². The number of hydrogen-bond acceptors (Lipinski definition) is 3. The minimum Gasteiger partial charge on any atom is -0.356 e. The highest BCUT2D eigenvalue weighted by Gasteiger charge is 2.14. The van der Waals surface area contributed by atoms with Gasteiger partial charge in [-0.3, -0.25) is 10.5 Å². The molecule has 0 bridgehead atoms. The first-order chi connectivity index (χ1) is 6.25. The third-order valence-corrected chi connectivity index (χ3v) is 1.66. The van der Waals surface area contributed by atoms with Crippen LogP contribution >= 0.6 is 0 Å². The Morgan fingerprint density at radius 1 is 1.46 bits per heavy atom. The Balaban J connectivity index is 2.68. The van der Waals surface area contributed by atoms with E-state index in [9.17, 15) is 4.79 Å². The molecule has 0 amide bonds. The van der Waals surface area contributed by atoms with Crippen molar-refractivity contribution < 1.29 is 9.53 Å². The van der Waals surface area contributed by atoms with Gasteiger partial charge in [0.1, 0.15) is 0 Å². The Morgan fingerprint density at radius 2 is 2.08 bits per heavy atom. The molecule has 0 aliphatic rings. The molecule has 1 aromatic carbocycles. The molecule has 0 heterocycles. The summed E-state index contributed by atoms with van der Waals surface area (Å²) >= 11 is 0. The van der Waals surface area contributed by atoms with Crippen molar-refractivity contribution in [1.82, 2.24) is 0 Å². The van der Waals surface area contributed by atoms with Crippen LogP contribution in [-0.4, -0.2) is 18.6 Å². The van der Waals surface area contributed by atoms with Gasteiger partial charge >= 0.3 is 0 Å². The monoisotopic (exact) mass is 179 g/mol.